The van der Waals surface area contributed by atoms with Crippen LogP contribution in [0.4, 0.5) is 5.95 Å². The van der Waals surface area contributed by atoms with Crippen LogP contribution < -0.4 is 16.1 Å². The Morgan fingerprint density at radius 1 is 1.37 bits per heavy atom. The molecule has 19 heavy (non-hydrogen) atoms. The zero-order valence-electron chi connectivity index (χ0n) is 12.2. The molecule has 0 saturated carbocycles. The number of nitrogen functional groups attached to an aromatic ring is 1. The minimum absolute atomic E-state index is 0.306. The van der Waals surface area contributed by atoms with Gasteiger partial charge in [-0.15, -0.1) is 0 Å². The standard InChI is InChI=1S/C13H24BN3O2/c1-4-6-10(5-2)14-12-11(19-8-7-18-3)9-16-13(15)17-12/h9-10,14H,4-8H2,1-3H3,(H2,15,16,17)/t10-/m1/s1. The number of nitrogens with zero attached hydrogens (tertiary/aromatic N) is 2. The third kappa shape index (κ3) is 5.47. The summed E-state index contributed by atoms with van der Waals surface area (Å²) in [6, 6.07) is 0. The molecule has 0 saturated heterocycles. The van der Waals surface area contributed by atoms with Crippen LogP contribution in [0.2, 0.25) is 5.82 Å². The molecule has 1 aromatic rings. The molecule has 1 heterocycles. The van der Waals surface area contributed by atoms with Gasteiger partial charge >= 0.3 is 0 Å². The van der Waals surface area contributed by atoms with Crippen LogP contribution in [0.15, 0.2) is 6.20 Å². The smallest absolute Gasteiger partial charge is 0.219 e. The largest absolute Gasteiger partial charge is 0.489 e. The second-order valence-corrected chi connectivity index (χ2v) is 4.65. The number of rotatable bonds is 9. The highest BCUT2D eigenvalue weighted by molar-refractivity contribution is 6.55. The molecule has 5 nitrogen and oxygen atoms in total. The van der Waals surface area contributed by atoms with Gasteiger partial charge in [-0.25, -0.2) is 9.97 Å². The molecular formula is C13H24BN3O2. The van der Waals surface area contributed by atoms with Gasteiger partial charge in [0.05, 0.1) is 12.8 Å². The first-order chi connectivity index (χ1) is 9.21. The fraction of sp³-hybridized carbons (Fsp3) is 0.692. The van der Waals surface area contributed by atoms with E-state index in [1.54, 1.807) is 13.3 Å². The number of aromatic nitrogens is 2. The summed E-state index contributed by atoms with van der Waals surface area (Å²) in [6.45, 7) is 5.46. The van der Waals surface area contributed by atoms with Crippen LogP contribution in [0.5, 0.6) is 5.75 Å². The van der Waals surface area contributed by atoms with Crippen LogP contribution in [0.1, 0.15) is 33.1 Å². The summed E-state index contributed by atoms with van der Waals surface area (Å²) in [5, 5.41) is 0. The van der Waals surface area contributed by atoms with Crippen molar-refractivity contribution in [2.75, 3.05) is 26.1 Å². The van der Waals surface area contributed by atoms with Gasteiger partial charge in [-0.05, 0) is 0 Å². The lowest BCUT2D eigenvalue weighted by Gasteiger charge is -2.15. The average molecular weight is 265 g/mol. The van der Waals surface area contributed by atoms with E-state index < -0.39 is 0 Å². The molecule has 0 bridgehead atoms. The van der Waals surface area contributed by atoms with E-state index in [4.69, 9.17) is 15.2 Å². The summed E-state index contributed by atoms with van der Waals surface area (Å²) in [4.78, 5) is 8.32. The molecule has 1 rings (SSSR count). The Labute approximate surface area is 116 Å². The van der Waals surface area contributed by atoms with Crippen LogP contribution in [0.3, 0.4) is 0 Å². The molecule has 0 unspecified atom stereocenters. The molecular weight excluding hydrogens is 241 g/mol. The summed E-state index contributed by atoms with van der Waals surface area (Å²) in [5.74, 6) is 1.64. The van der Waals surface area contributed by atoms with Crippen molar-refractivity contribution in [2.24, 2.45) is 0 Å². The molecule has 6 heteroatoms. The lowest BCUT2D eigenvalue weighted by Crippen LogP contribution is -2.27. The molecule has 0 spiro atoms. The van der Waals surface area contributed by atoms with Gasteiger partial charge in [0.2, 0.25) is 5.95 Å². The maximum absolute atomic E-state index is 5.67. The van der Waals surface area contributed by atoms with Crippen LogP contribution in [-0.2, 0) is 4.74 Å². The van der Waals surface area contributed by atoms with Crippen molar-refractivity contribution in [3.05, 3.63) is 6.20 Å². The minimum atomic E-state index is 0.306. The van der Waals surface area contributed by atoms with E-state index in [9.17, 15) is 0 Å². The van der Waals surface area contributed by atoms with E-state index in [1.165, 1.54) is 12.8 Å². The molecule has 0 radical (unpaired) electrons. The minimum Gasteiger partial charge on any atom is -0.489 e. The van der Waals surface area contributed by atoms with Gasteiger partial charge in [0.25, 0.3) is 0 Å². The van der Waals surface area contributed by atoms with E-state index in [-0.39, 0.29) is 0 Å². The highest BCUT2D eigenvalue weighted by atomic mass is 16.5. The number of methoxy groups -OCH3 is 1. The number of nitrogens with two attached hydrogens (primary N) is 1. The van der Waals surface area contributed by atoms with E-state index in [2.05, 4.69) is 23.8 Å². The first kappa shape index (κ1) is 15.8. The molecule has 0 aliphatic rings. The van der Waals surface area contributed by atoms with Crippen molar-refractivity contribution in [1.82, 2.24) is 9.97 Å². The highest BCUT2D eigenvalue weighted by Crippen LogP contribution is 2.17. The van der Waals surface area contributed by atoms with Gasteiger partial charge in [0, 0.05) is 12.7 Å². The Bertz CT molecular complexity index is 377. The Kier molecular flexibility index (Phi) is 7.26. The number of hydrogen-bond acceptors (Lipinski definition) is 5. The molecule has 0 aliphatic carbocycles. The summed E-state index contributed by atoms with van der Waals surface area (Å²) >= 11 is 0. The third-order valence-corrected chi connectivity index (χ3v) is 3.15. The summed E-state index contributed by atoms with van der Waals surface area (Å²) in [6.07, 6.45) is 5.16. The Morgan fingerprint density at radius 3 is 2.79 bits per heavy atom. The normalized spacial score (nSPS) is 12.2. The monoisotopic (exact) mass is 265 g/mol. The Balaban J connectivity index is 2.74. The first-order valence-corrected chi connectivity index (χ1v) is 6.94. The number of hydrogen-bond donors (Lipinski definition) is 1. The molecule has 1 aromatic heterocycles. The van der Waals surface area contributed by atoms with Crippen molar-refractivity contribution in [1.29, 1.82) is 0 Å². The molecule has 0 amide bonds. The third-order valence-electron chi connectivity index (χ3n) is 3.15. The van der Waals surface area contributed by atoms with Gasteiger partial charge in [-0.3, -0.25) is 0 Å². The van der Waals surface area contributed by atoms with Crippen LogP contribution in [-0.4, -0.2) is 37.6 Å². The predicted octanol–water partition coefficient (Wildman–Crippen LogP) is 1.14. The van der Waals surface area contributed by atoms with Crippen molar-refractivity contribution < 1.29 is 9.47 Å². The van der Waals surface area contributed by atoms with Crippen molar-refractivity contribution >= 4 is 18.8 Å². The SMILES string of the molecule is CCC[C@H](Bc1nc(N)ncc1OCCOC)CC. The zero-order chi connectivity index (χ0) is 14.1. The topological polar surface area (TPSA) is 70.3 Å². The van der Waals surface area contributed by atoms with Crippen molar-refractivity contribution in [3.63, 3.8) is 0 Å². The Hall–Kier alpha value is -1.30. The second-order valence-electron chi connectivity index (χ2n) is 4.65. The average Bonchev–Trinajstić information content (AvgIpc) is 2.41. The molecule has 0 aromatic carbocycles. The zero-order valence-corrected chi connectivity index (χ0v) is 12.2. The van der Waals surface area contributed by atoms with Gasteiger partial charge in [-0.2, -0.15) is 0 Å². The molecule has 1 atom stereocenters. The van der Waals surface area contributed by atoms with Gasteiger partial charge in [-0.1, -0.05) is 38.9 Å². The van der Waals surface area contributed by atoms with Crippen molar-refractivity contribution in [3.8, 4) is 5.75 Å². The van der Waals surface area contributed by atoms with Gasteiger partial charge in [0.1, 0.15) is 12.4 Å². The fourth-order valence-corrected chi connectivity index (χ4v) is 2.06. The van der Waals surface area contributed by atoms with Crippen LogP contribution >= 0.6 is 0 Å². The second kappa shape index (κ2) is 8.75. The highest BCUT2D eigenvalue weighted by Gasteiger charge is 2.15. The van der Waals surface area contributed by atoms with Crippen molar-refractivity contribution in [2.45, 2.75) is 38.9 Å². The van der Waals surface area contributed by atoms with E-state index in [0.29, 0.717) is 25.0 Å². The summed E-state index contributed by atoms with van der Waals surface area (Å²) in [7, 11) is 2.54. The maximum atomic E-state index is 5.67. The lowest BCUT2D eigenvalue weighted by molar-refractivity contribution is 0.146. The number of anilines is 1. The summed E-state index contributed by atoms with van der Waals surface area (Å²) < 4.78 is 10.6. The van der Waals surface area contributed by atoms with E-state index in [0.717, 1.165) is 25.0 Å². The summed E-state index contributed by atoms with van der Waals surface area (Å²) in [5.41, 5.74) is 6.58. The van der Waals surface area contributed by atoms with Crippen LogP contribution in [0, 0.1) is 0 Å². The molecule has 2 N–H and O–H groups in total. The predicted molar refractivity (Wildman–Crippen MR) is 79.5 cm³/mol. The Morgan fingerprint density at radius 2 is 2.16 bits per heavy atom. The fourth-order valence-electron chi connectivity index (χ4n) is 2.06. The molecule has 106 valence electrons. The quantitative estimate of drug-likeness (QED) is 0.535. The van der Waals surface area contributed by atoms with E-state index in [1.807, 2.05) is 0 Å². The maximum Gasteiger partial charge on any atom is 0.219 e. The van der Waals surface area contributed by atoms with Crippen LogP contribution in [0.25, 0.3) is 0 Å². The number of ether oxygens (including phenoxy) is 2. The lowest BCUT2D eigenvalue weighted by atomic mass is 9.58. The first-order valence-electron chi connectivity index (χ1n) is 6.94. The van der Waals surface area contributed by atoms with Gasteiger partial charge in [0.15, 0.2) is 7.28 Å². The van der Waals surface area contributed by atoms with Gasteiger partial charge < -0.3 is 15.2 Å². The van der Waals surface area contributed by atoms with E-state index >= 15 is 0 Å². The molecule has 0 fully saturated rings. The molecule has 0 aliphatic heterocycles.